The van der Waals surface area contributed by atoms with Gasteiger partial charge in [-0.25, -0.2) is 4.98 Å². The summed E-state index contributed by atoms with van der Waals surface area (Å²) in [6.07, 6.45) is 1.49. The Kier molecular flexibility index (Phi) is 7.14. The summed E-state index contributed by atoms with van der Waals surface area (Å²) in [4.78, 5) is 31.5. The number of likely N-dealkylation sites (N-methyl/N-ethyl adjacent to an activating group) is 1. The molecule has 3 aromatic rings. The number of amides is 2. The van der Waals surface area contributed by atoms with Crippen LogP contribution in [-0.4, -0.2) is 49.7 Å². The Bertz CT molecular complexity index is 1130. The number of hydrogen-bond donors (Lipinski definition) is 3. The Balaban J connectivity index is 1.69. The van der Waals surface area contributed by atoms with Gasteiger partial charge in [-0.1, -0.05) is 17.4 Å². The van der Waals surface area contributed by atoms with E-state index in [9.17, 15) is 14.7 Å². The van der Waals surface area contributed by atoms with Crippen molar-refractivity contribution in [1.29, 1.82) is 0 Å². The maximum Gasteiger partial charge on any atom is 0.267 e. The zero-order valence-electron chi connectivity index (χ0n) is 18.9. The van der Waals surface area contributed by atoms with E-state index in [1.807, 2.05) is 33.8 Å². The third-order valence-electron chi connectivity index (χ3n) is 5.23. The molecule has 0 spiro atoms. The van der Waals surface area contributed by atoms with Crippen molar-refractivity contribution in [2.24, 2.45) is 0 Å². The molecule has 0 bridgehead atoms. The smallest absolute Gasteiger partial charge is 0.267 e. The summed E-state index contributed by atoms with van der Waals surface area (Å²) < 4.78 is 1.65. The van der Waals surface area contributed by atoms with Crippen LogP contribution < -0.4 is 10.6 Å². The Morgan fingerprint density at radius 2 is 1.91 bits per heavy atom. The van der Waals surface area contributed by atoms with Crippen LogP contribution in [0.2, 0.25) is 0 Å². The molecule has 2 heterocycles. The fourth-order valence-corrected chi connectivity index (χ4v) is 4.00. The van der Waals surface area contributed by atoms with Crippen molar-refractivity contribution in [3.05, 3.63) is 46.1 Å². The molecule has 9 nitrogen and oxygen atoms in total. The number of nitrogens with zero attached hydrogens (tertiary/aromatic N) is 4. The van der Waals surface area contributed by atoms with Crippen LogP contribution in [0.25, 0.3) is 0 Å². The Morgan fingerprint density at radius 1 is 1.19 bits per heavy atom. The predicted octanol–water partition coefficient (Wildman–Crippen LogP) is 3.83. The van der Waals surface area contributed by atoms with Crippen LogP contribution in [0.15, 0.2) is 24.4 Å². The van der Waals surface area contributed by atoms with Crippen LogP contribution in [0, 0.1) is 20.8 Å². The molecule has 1 aromatic carbocycles. The summed E-state index contributed by atoms with van der Waals surface area (Å²) >= 11 is 1.19. The minimum Gasteiger partial charge on any atom is -0.508 e. The number of anilines is 3. The van der Waals surface area contributed by atoms with Crippen molar-refractivity contribution in [2.45, 2.75) is 41.2 Å². The molecule has 2 amide bonds. The summed E-state index contributed by atoms with van der Waals surface area (Å²) in [6.45, 7) is 10.9. The lowest BCUT2D eigenvalue weighted by molar-refractivity contribution is -0.131. The zero-order valence-corrected chi connectivity index (χ0v) is 19.7. The van der Waals surface area contributed by atoms with Crippen molar-refractivity contribution >= 4 is 39.8 Å². The first-order valence-corrected chi connectivity index (χ1v) is 11.2. The number of aromatic hydroxyl groups is 1. The standard InChI is InChI=1S/C22H28N6O3S/c1-6-27(7-2)19(30)12-28-14(4)10-18(26-28)24-22-23-11-17(32-22)21(31)25-20-13(3)8-9-16(29)15(20)5/h8-11,29H,6-7,12H2,1-5H3,(H,25,31)(H,23,24,26). The minimum atomic E-state index is -0.307. The number of hydrogen-bond acceptors (Lipinski definition) is 7. The molecule has 0 aliphatic heterocycles. The number of rotatable bonds is 8. The zero-order chi connectivity index (χ0) is 23.4. The lowest BCUT2D eigenvalue weighted by atomic mass is 10.1. The van der Waals surface area contributed by atoms with Gasteiger partial charge in [-0.3, -0.25) is 14.3 Å². The minimum absolute atomic E-state index is 0.0125. The number of phenols is 1. The fourth-order valence-electron chi connectivity index (χ4n) is 3.29. The predicted molar refractivity (Wildman–Crippen MR) is 126 cm³/mol. The second-order valence-corrected chi connectivity index (χ2v) is 8.44. The molecule has 170 valence electrons. The maximum atomic E-state index is 12.7. The third-order valence-corrected chi connectivity index (χ3v) is 6.14. The molecule has 0 saturated heterocycles. The topological polar surface area (TPSA) is 112 Å². The maximum absolute atomic E-state index is 12.7. The molecule has 3 N–H and O–H groups in total. The first kappa shape index (κ1) is 23.3. The number of aromatic nitrogens is 3. The Morgan fingerprint density at radius 3 is 2.59 bits per heavy atom. The van der Waals surface area contributed by atoms with Crippen molar-refractivity contribution in [2.75, 3.05) is 23.7 Å². The molecule has 3 rings (SSSR count). The van der Waals surface area contributed by atoms with Crippen LogP contribution in [0.5, 0.6) is 5.75 Å². The van der Waals surface area contributed by atoms with E-state index >= 15 is 0 Å². The van der Waals surface area contributed by atoms with E-state index in [0.29, 0.717) is 40.2 Å². The van der Waals surface area contributed by atoms with E-state index in [-0.39, 0.29) is 24.1 Å². The van der Waals surface area contributed by atoms with Crippen LogP contribution in [0.3, 0.4) is 0 Å². The van der Waals surface area contributed by atoms with E-state index in [4.69, 9.17) is 0 Å². The second kappa shape index (κ2) is 9.82. The lowest BCUT2D eigenvalue weighted by Crippen LogP contribution is -2.33. The van der Waals surface area contributed by atoms with E-state index in [1.165, 1.54) is 17.5 Å². The summed E-state index contributed by atoms with van der Waals surface area (Å²) in [5.74, 6) is 0.385. The molecule has 0 aliphatic carbocycles. The average molecular weight is 457 g/mol. The van der Waals surface area contributed by atoms with E-state index in [0.717, 1.165) is 11.3 Å². The van der Waals surface area contributed by atoms with Crippen LogP contribution in [-0.2, 0) is 11.3 Å². The first-order chi connectivity index (χ1) is 15.2. The molecular formula is C22H28N6O3S. The fraction of sp³-hybridized carbons (Fsp3) is 0.364. The van der Waals surface area contributed by atoms with Gasteiger partial charge in [-0.2, -0.15) is 5.10 Å². The monoisotopic (exact) mass is 456 g/mol. The highest BCUT2D eigenvalue weighted by Crippen LogP contribution is 2.29. The van der Waals surface area contributed by atoms with Crippen molar-refractivity contribution in [1.82, 2.24) is 19.7 Å². The van der Waals surface area contributed by atoms with Gasteiger partial charge in [0.25, 0.3) is 5.91 Å². The SMILES string of the molecule is CCN(CC)C(=O)Cn1nc(Nc2ncc(C(=O)Nc3c(C)ccc(O)c3C)s2)cc1C. The highest BCUT2D eigenvalue weighted by atomic mass is 32.1. The van der Waals surface area contributed by atoms with Crippen LogP contribution in [0.1, 0.15) is 40.3 Å². The largest absolute Gasteiger partial charge is 0.508 e. The van der Waals surface area contributed by atoms with Crippen molar-refractivity contribution in [3.63, 3.8) is 0 Å². The molecule has 0 fully saturated rings. The Hall–Kier alpha value is -3.40. The summed E-state index contributed by atoms with van der Waals surface area (Å²) in [6, 6.07) is 5.18. The highest BCUT2D eigenvalue weighted by Gasteiger charge is 2.17. The molecular weight excluding hydrogens is 428 g/mol. The van der Waals surface area contributed by atoms with E-state index in [1.54, 1.807) is 28.6 Å². The molecule has 0 atom stereocenters. The van der Waals surface area contributed by atoms with Gasteiger partial charge in [0, 0.05) is 30.4 Å². The average Bonchev–Trinajstić information content (AvgIpc) is 3.36. The van der Waals surface area contributed by atoms with Gasteiger partial charge in [0.2, 0.25) is 5.91 Å². The van der Waals surface area contributed by atoms with Crippen molar-refractivity contribution < 1.29 is 14.7 Å². The van der Waals surface area contributed by atoms with Crippen LogP contribution in [0.4, 0.5) is 16.6 Å². The number of thiazole rings is 1. The van der Waals surface area contributed by atoms with E-state index < -0.39 is 0 Å². The summed E-state index contributed by atoms with van der Waals surface area (Å²) in [5, 5.41) is 20.8. The van der Waals surface area contributed by atoms with Gasteiger partial charge in [-0.15, -0.1) is 0 Å². The molecule has 2 aromatic heterocycles. The van der Waals surface area contributed by atoms with E-state index in [2.05, 4.69) is 20.7 Å². The Labute approximate surface area is 191 Å². The van der Waals surface area contributed by atoms with Crippen molar-refractivity contribution in [3.8, 4) is 5.75 Å². The number of carbonyl (C=O) groups is 2. The third kappa shape index (κ3) is 5.08. The van der Waals surface area contributed by atoms with Gasteiger partial charge >= 0.3 is 0 Å². The molecule has 0 saturated carbocycles. The van der Waals surface area contributed by atoms with Gasteiger partial charge in [0.05, 0.1) is 11.9 Å². The summed E-state index contributed by atoms with van der Waals surface area (Å²) in [7, 11) is 0. The number of nitrogens with one attached hydrogen (secondary N) is 2. The molecule has 32 heavy (non-hydrogen) atoms. The van der Waals surface area contributed by atoms with Gasteiger partial charge in [0.15, 0.2) is 10.9 Å². The number of carbonyl (C=O) groups excluding carboxylic acids is 2. The first-order valence-electron chi connectivity index (χ1n) is 10.4. The summed E-state index contributed by atoms with van der Waals surface area (Å²) in [5.41, 5.74) is 2.90. The van der Waals surface area contributed by atoms with Gasteiger partial charge < -0.3 is 20.6 Å². The lowest BCUT2D eigenvalue weighted by Gasteiger charge is -2.18. The van der Waals surface area contributed by atoms with Gasteiger partial charge in [0.1, 0.15) is 17.2 Å². The normalized spacial score (nSPS) is 10.8. The van der Waals surface area contributed by atoms with Gasteiger partial charge in [-0.05, 0) is 46.2 Å². The highest BCUT2D eigenvalue weighted by molar-refractivity contribution is 7.17. The number of aryl methyl sites for hydroxylation is 2. The number of benzene rings is 1. The quantitative estimate of drug-likeness (QED) is 0.475. The molecule has 0 unspecified atom stereocenters. The molecule has 10 heteroatoms. The number of phenolic OH excluding ortho intramolecular Hbond substituents is 1. The second-order valence-electron chi connectivity index (χ2n) is 7.41. The molecule has 0 aliphatic rings. The van der Waals surface area contributed by atoms with Crippen LogP contribution >= 0.6 is 11.3 Å². The molecule has 0 radical (unpaired) electrons.